The second kappa shape index (κ2) is 4.04. The number of nitrogens with zero attached hydrogens (tertiary/aromatic N) is 2. The van der Waals surface area contributed by atoms with E-state index in [0.717, 1.165) is 30.9 Å². The molecule has 0 amide bonds. The van der Waals surface area contributed by atoms with Crippen molar-refractivity contribution in [3.05, 3.63) is 12.7 Å². The SMILES string of the molecule is C=CCN1C(N)=NCC12CCCC(C1CC1)C2. The molecular formula is C14H23N3. The maximum absolute atomic E-state index is 6.04. The predicted molar refractivity (Wildman–Crippen MR) is 70.8 cm³/mol. The zero-order valence-electron chi connectivity index (χ0n) is 10.6. The van der Waals surface area contributed by atoms with Crippen molar-refractivity contribution >= 4 is 5.96 Å². The van der Waals surface area contributed by atoms with Crippen LogP contribution < -0.4 is 5.73 Å². The molecule has 2 saturated carbocycles. The molecule has 3 aliphatic rings. The minimum atomic E-state index is 0.240. The normalized spacial score (nSPS) is 37.3. The molecule has 2 aliphatic carbocycles. The molecule has 0 radical (unpaired) electrons. The minimum absolute atomic E-state index is 0.240. The molecule has 3 heteroatoms. The molecule has 0 aromatic rings. The summed E-state index contributed by atoms with van der Waals surface area (Å²) >= 11 is 0. The molecule has 3 rings (SSSR count). The summed E-state index contributed by atoms with van der Waals surface area (Å²) in [4.78, 5) is 6.81. The van der Waals surface area contributed by atoms with Crippen LogP contribution in [0.5, 0.6) is 0 Å². The van der Waals surface area contributed by atoms with Gasteiger partial charge < -0.3 is 10.6 Å². The molecule has 1 spiro atoms. The molecule has 2 fully saturated rings. The van der Waals surface area contributed by atoms with Gasteiger partial charge in [0.2, 0.25) is 0 Å². The van der Waals surface area contributed by atoms with Gasteiger partial charge in [-0.25, -0.2) is 0 Å². The van der Waals surface area contributed by atoms with E-state index in [1.807, 2.05) is 6.08 Å². The fourth-order valence-corrected chi connectivity index (χ4v) is 3.80. The highest BCUT2D eigenvalue weighted by molar-refractivity contribution is 5.81. The molecule has 1 aliphatic heterocycles. The van der Waals surface area contributed by atoms with Crippen LogP contribution >= 0.6 is 0 Å². The van der Waals surface area contributed by atoms with Gasteiger partial charge in [-0.15, -0.1) is 6.58 Å². The van der Waals surface area contributed by atoms with E-state index >= 15 is 0 Å². The highest BCUT2D eigenvalue weighted by Crippen LogP contribution is 2.49. The monoisotopic (exact) mass is 233 g/mol. The number of hydrogen-bond donors (Lipinski definition) is 1. The lowest BCUT2D eigenvalue weighted by Gasteiger charge is -2.44. The Morgan fingerprint density at radius 1 is 1.41 bits per heavy atom. The summed E-state index contributed by atoms with van der Waals surface area (Å²) in [6.07, 6.45) is 10.2. The van der Waals surface area contributed by atoms with Gasteiger partial charge in [0.1, 0.15) is 0 Å². The second-order valence-corrected chi connectivity index (χ2v) is 5.99. The van der Waals surface area contributed by atoms with Crippen molar-refractivity contribution < 1.29 is 0 Å². The van der Waals surface area contributed by atoms with Gasteiger partial charge in [0.25, 0.3) is 0 Å². The summed E-state index contributed by atoms with van der Waals surface area (Å²) in [5.41, 5.74) is 6.28. The van der Waals surface area contributed by atoms with E-state index in [-0.39, 0.29) is 5.54 Å². The molecule has 0 aromatic carbocycles. The van der Waals surface area contributed by atoms with Crippen LogP contribution in [0.3, 0.4) is 0 Å². The third-order valence-electron chi connectivity index (χ3n) is 4.84. The Morgan fingerprint density at radius 3 is 2.94 bits per heavy atom. The van der Waals surface area contributed by atoms with Gasteiger partial charge in [-0.1, -0.05) is 18.9 Å². The Morgan fingerprint density at radius 2 is 2.24 bits per heavy atom. The van der Waals surface area contributed by atoms with E-state index in [1.165, 1.54) is 38.5 Å². The van der Waals surface area contributed by atoms with E-state index in [4.69, 9.17) is 5.73 Å². The van der Waals surface area contributed by atoms with Gasteiger partial charge in [0.05, 0.1) is 12.1 Å². The van der Waals surface area contributed by atoms with Gasteiger partial charge >= 0.3 is 0 Å². The van der Waals surface area contributed by atoms with Crippen LogP contribution in [0.2, 0.25) is 0 Å². The van der Waals surface area contributed by atoms with Crippen molar-refractivity contribution in [3.8, 4) is 0 Å². The number of aliphatic imine (C=N–C) groups is 1. The quantitative estimate of drug-likeness (QED) is 0.759. The summed E-state index contributed by atoms with van der Waals surface area (Å²) in [6.45, 7) is 5.62. The summed E-state index contributed by atoms with van der Waals surface area (Å²) in [5.74, 6) is 2.68. The zero-order valence-corrected chi connectivity index (χ0v) is 10.6. The van der Waals surface area contributed by atoms with Crippen LogP contribution in [0.4, 0.5) is 0 Å². The van der Waals surface area contributed by atoms with E-state index in [9.17, 15) is 0 Å². The maximum Gasteiger partial charge on any atom is 0.192 e. The highest BCUT2D eigenvalue weighted by atomic mass is 15.4. The summed E-state index contributed by atoms with van der Waals surface area (Å²) < 4.78 is 0. The first-order chi connectivity index (χ1) is 8.25. The number of rotatable bonds is 3. The fraction of sp³-hybridized carbons (Fsp3) is 0.786. The topological polar surface area (TPSA) is 41.6 Å². The largest absolute Gasteiger partial charge is 0.370 e. The van der Waals surface area contributed by atoms with Gasteiger partial charge in [-0.05, 0) is 37.5 Å². The van der Waals surface area contributed by atoms with Crippen LogP contribution in [-0.4, -0.2) is 29.5 Å². The van der Waals surface area contributed by atoms with E-state index < -0.39 is 0 Å². The number of guanidine groups is 1. The van der Waals surface area contributed by atoms with E-state index in [1.54, 1.807) is 0 Å². The molecule has 0 saturated heterocycles. The first kappa shape index (κ1) is 11.1. The lowest BCUT2D eigenvalue weighted by Crippen LogP contribution is -2.54. The molecule has 1 heterocycles. The van der Waals surface area contributed by atoms with Crippen molar-refractivity contribution in [3.63, 3.8) is 0 Å². The third kappa shape index (κ3) is 1.85. The van der Waals surface area contributed by atoms with E-state index in [2.05, 4.69) is 16.5 Å². The average molecular weight is 233 g/mol. The Kier molecular flexibility index (Phi) is 2.64. The van der Waals surface area contributed by atoms with Crippen molar-refractivity contribution in [1.29, 1.82) is 0 Å². The minimum Gasteiger partial charge on any atom is -0.370 e. The Bertz CT molecular complexity index is 345. The Hall–Kier alpha value is -0.990. The standard InChI is InChI=1S/C14H23N3/c1-2-8-17-13(15)16-10-14(17)7-3-4-12(9-14)11-5-6-11/h2,11-12H,1,3-10H2,(H2,15,16). The van der Waals surface area contributed by atoms with Gasteiger partial charge in [0.15, 0.2) is 5.96 Å². The van der Waals surface area contributed by atoms with Crippen molar-refractivity contribution in [2.75, 3.05) is 13.1 Å². The molecule has 3 nitrogen and oxygen atoms in total. The third-order valence-corrected chi connectivity index (χ3v) is 4.84. The highest BCUT2D eigenvalue weighted by Gasteiger charge is 2.47. The zero-order chi connectivity index (χ0) is 11.9. The lowest BCUT2D eigenvalue weighted by molar-refractivity contribution is 0.107. The molecule has 2 unspecified atom stereocenters. The lowest BCUT2D eigenvalue weighted by atomic mass is 9.73. The summed E-state index contributed by atoms with van der Waals surface area (Å²) in [7, 11) is 0. The van der Waals surface area contributed by atoms with Crippen LogP contribution in [0.1, 0.15) is 38.5 Å². The molecule has 0 aromatic heterocycles. The summed E-state index contributed by atoms with van der Waals surface area (Å²) in [6, 6.07) is 0. The van der Waals surface area contributed by atoms with Crippen molar-refractivity contribution in [2.24, 2.45) is 22.6 Å². The average Bonchev–Trinajstić information content (AvgIpc) is 3.14. The van der Waals surface area contributed by atoms with Crippen LogP contribution in [0.25, 0.3) is 0 Å². The maximum atomic E-state index is 6.04. The predicted octanol–water partition coefficient (Wildman–Crippen LogP) is 2.14. The molecule has 94 valence electrons. The fourth-order valence-electron chi connectivity index (χ4n) is 3.80. The van der Waals surface area contributed by atoms with Crippen molar-refractivity contribution in [1.82, 2.24) is 4.90 Å². The first-order valence-corrected chi connectivity index (χ1v) is 6.94. The summed E-state index contributed by atoms with van der Waals surface area (Å²) in [5, 5.41) is 0. The van der Waals surface area contributed by atoms with Crippen LogP contribution in [0, 0.1) is 11.8 Å². The Labute approximate surface area is 104 Å². The molecule has 2 atom stereocenters. The second-order valence-electron chi connectivity index (χ2n) is 5.99. The molecule has 2 N–H and O–H groups in total. The van der Waals surface area contributed by atoms with Crippen LogP contribution in [0.15, 0.2) is 17.6 Å². The molecule has 17 heavy (non-hydrogen) atoms. The number of hydrogen-bond acceptors (Lipinski definition) is 3. The van der Waals surface area contributed by atoms with Crippen LogP contribution in [-0.2, 0) is 0 Å². The van der Waals surface area contributed by atoms with Crippen molar-refractivity contribution in [2.45, 2.75) is 44.1 Å². The smallest absolute Gasteiger partial charge is 0.192 e. The molecular weight excluding hydrogens is 210 g/mol. The van der Waals surface area contributed by atoms with Gasteiger partial charge in [-0.3, -0.25) is 4.99 Å². The Balaban J connectivity index is 1.77. The van der Waals surface area contributed by atoms with E-state index in [0.29, 0.717) is 0 Å². The first-order valence-electron chi connectivity index (χ1n) is 6.94. The van der Waals surface area contributed by atoms with Gasteiger partial charge in [0, 0.05) is 6.54 Å². The number of nitrogens with two attached hydrogens (primary N) is 1. The molecule has 0 bridgehead atoms. The van der Waals surface area contributed by atoms with Gasteiger partial charge in [-0.2, -0.15) is 0 Å².